The molecule has 1 heterocycles. The van der Waals surface area contributed by atoms with Crippen molar-refractivity contribution in [1.29, 1.82) is 0 Å². The summed E-state index contributed by atoms with van der Waals surface area (Å²) in [5.74, 6) is -0.396. The van der Waals surface area contributed by atoms with Crippen molar-refractivity contribution in [2.45, 2.75) is 6.92 Å². The van der Waals surface area contributed by atoms with Gasteiger partial charge >= 0.3 is 82.3 Å². The van der Waals surface area contributed by atoms with Crippen LogP contribution in [0.5, 0.6) is 0 Å². The van der Waals surface area contributed by atoms with Crippen LogP contribution in [0.15, 0.2) is 6.07 Å². The molecule has 3 radical (unpaired) electrons. The number of esters is 1. The summed E-state index contributed by atoms with van der Waals surface area (Å²) in [5.41, 5.74) is 0.424. The molecule has 0 bridgehead atoms. The second-order valence-corrected chi connectivity index (χ2v) is 3.06. The van der Waals surface area contributed by atoms with Gasteiger partial charge in [0.1, 0.15) is 0 Å². The van der Waals surface area contributed by atoms with Crippen molar-refractivity contribution >= 4 is 38.2 Å². The van der Waals surface area contributed by atoms with E-state index < -0.39 is 5.97 Å². The van der Waals surface area contributed by atoms with Crippen LogP contribution in [-0.2, 0) is 4.74 Å². The molecule has 0 aromatic carbocycles. The molecule has 63 valence electrons. The average molecular weight is 190 g/mol. The summed E-state index contributed by atoms with van der Waals surface area (Å²) in [5, 5.41) is 0.104. The normalized spacial score (nSPS) is 9.54. The van der Waals surface area contributed by atoms with Gasteiger partial charge in [-0.25, -0.2) is 0 Å². The van der Waals surface area contributed by atoms with E-state index in [1.54, 1.807) is 6.92 Å². The Balaban J connectivity index is 2.79. The molecule has 1 aromatic heterocycles. The topological polar surface area (TPSA) is 39.2 Å². The van der Waals surface area contributed by atoms with Gasteiger partial charge < -0.3 is 0 Å². The van der Waals surface area contributed by atoms with E-state index in [1.165, 1.54) is 6.07 Å². The quantitative estimate of drug-likeness (QED) is 0.502. The van der Waals surface area contributed by atoms with E-state index in [-0.39, 0.29) is 5.36 Å². The fourth-order valence-corrected chi connectivity index (χ4v) is 1.36. The third-order valence-electron chi connectivity index (χ3n) is 1.28. The Morgan fingerprint density at radius 2 is 2.46 bits per heavy atom. The third kappa shape index (κ3) is 2.52. The molecule has 0 unspecified atom stereocenters. The van der Waals surface area contributed by atoms with Crippen molar-refractivity contribution in [1.82, 2.24) is 4.37 Å². The fourth-order valence-electron chi connectivity index (χ4n) is 0.710. The summed E-state index contributed by atoms with van der Waals surface area (Å²) < 4.78 is 8.63. The van der Waals surface area contributed by atoms with Crippen LogP contribution >= 0.6 is 11.5 Å². The zero-order valence-electron chi connectivity index (χ0n) is 7.11. The monoisotopic (exact) mass is 190 g/mol. The van der Waals surface area contributed by atoms with Gasteiger partial charge in [0.15, 0.2) is 0 Å². The Morgan fingerprint density at radius 1 is 1.77 bits per heavy atom. The molecule has 6 heteroatoms. The van der Waals surface area contributed by atoms with E-state index in [0.717, 1.165) is 11.5 Å². The molecule has 0 aliphatic rings. The predicted molar refractivity (Wildman–Crippen MR) is 53.7 cm³/mol. The first kappa shape index (κ1) is 10.2. The first-order chi connectivity index (χ1) is 6.15. The minimum atomic E-state index is -0.396. The van der Waals surface area contributed by atoms with Gasteiger partial charge in [0.05, 0.1) is 0 Å². The standard InChI is InChI=1S/C7H6B2NO2S/c1-2-12-7(11)5-3-4(6(8)9)10-13-5/h3H,2H2,1H3. The Bertz CT molecular complexity index is 337. The predicted octanol–water partition coefficient (Wildman–Crippen LogP) is 0.135. The van der Waals surface area contributed by atoms with Gasteiger partial charge in [-0.1, -0.05) is 0 Å². The number of carbonyl (C=O) groups excluding carboxylic acids is 1. The molecular weight excluding hydrogens is 184 g/mol. The second kappa shape index (κ2) is 4.37. The number of hydrogen-bond acceptors (Lipinski definition) is 4. The van der Waals surface area contributed by atoms with E-state index in [9.17, 15) is 4.79 Å². The number of ether oxygens (including phenoxy) is 1. The van der Waals surface area contributed by atoms with Crippen LogP contribution in [0.1, 0.15) is 22.3 Å². The van der Waals surface area contributed by atoms with Gasteiger partial charge in [0.2, 0.25) is 0 Å². The minimum absolute atomic E-state index is 0.104. The van der Waals surface area contributed by atoms with Gasteiger partial charge in [-0.15, -0.1) is 0 Å². The van der Waals surface area contributed by atoms with Gasteiger partial charge in [0.25, 0.3) is 0 Å². The molecule has 0 aliphatic heterocycles. The molecule has 1 aromatic rings. The Hall–Kier alpha value is -0.900. The molecule has 0 spiro atoms. The van der Waals surface area contributed by atoms with E-state index >= 15 is 0 Å². The molecule has 0 saturated carbocycles. The number of nitrogens with zero attached hydrogens (tertiary/aromatic N) is 1. The number of carbonyl (C=O) groups is 1. The second-order valence-electron chi connectivity index (χ2n) is 2.25. The molecule has 0 aliphatic carbocycles. The van der Waals surface area contributed by atoms with Crippen molar-refractivity contribution in [2.75, 3.05) is 6.61 Å². The molecule has 0 atom stereocenters. The molecule has 0 fully saturated rings. The van der Waals surface area contributed by atoms with Crippen LogP contribution in [0.25, 0.3) is 0 Å². The Labute approximate surface area is 82.8 Å². The van der Waals surface area contributed by atoms with E-state index in [0.29, 0.717) is 17.2 Å². The van der Waals surface area contributed by atoms with E-state index in [1.807, 2.05) is 0 Å². The summed E-state index contributed by atoms with van der Waals surface area (Å²) >= 11 is 1.02. The van der Waals surface area contributed by atoms with Gasteiger partial charge in [-0.3, -0.25) is 0 Å². The zero-order valence-corrected chi connectivity index (χ0v) is 7.93. The summed E-state index contributed by atoms with van der Waals surface area (Å²) in [6.45, 7) is 2.08. The third-order valence-corrected chi connectivity index (χ3v) is 2.05. The molecule has 1 rings (SSSR count). The maximum atomic E-state index is 11.1. The van der Waals surface area contributed by atoms with Crippen molar-refractivity contribution < 1.29 is 9.53 Å². The van der Waals surface area contributed by atoms with Crippen LogP contribution in [0.3, 0.4) is 0 Å². The summed E-state index contributed by atoms with van der Waals surface area (Å²) in [7, 11) is 10.6. The van der Waals surface area contributed by atoms with Gasteiger partial charge in [-0.05, 0) is 0 Å². The van der Waals surface area contributed by atoms with Gasteiger partial charge in [-0.2, -0.15) is 0 Å². The maximum absolute atomic E-state index is 11.1. The number of rotatable bonds is 3. The molecular formula is C7H6B2NO2S. The SMILES string of the molecule is [B]C(=[B])c1cc(C(=O)OCC)sn1. The van der Waals surface area contributed by atoms with Crippen molar-refractivity contribution in [2.24, 2.45) is 0 Å². The average Bonchev–Trinajstić information content (AvgIpc) is 2.52. The zero-order chi connectivity index (χ0) is 9.84. The fraction of sp³-hybridized carbons (Fsp3) is 0.286. The van der Waals surface area contributed by atoms with Crippen LogP contribution in [-0.4, -0.2) is 37.6 Å². The van der Waals surface area contributed by atoms with Crippen molar-refractivity contribution in [3.05, 3.63) is 16.6 Å². The molecule has 0 N–H and O–H groups in total. The Morgan fingerprint density at radius 3 is 2.92 bits per heavy atom. The summed E-state index contributed by atoms with van der Waals surface area (Å²) in [6.07, 6.45) is 0. The molecule has 13 heavy (non-hydrogen) atoms. The van der Waals surface area contributed by atoms with Crippen LogP contribution in [0.4, 0.5) is 0 Å². The first-order valence-corrected chi connectivity index (χ1v) is 4.44. The van der Waals surface area contributed by atoms with E-state index in [4.69, 9.17) is 20.1 Å². The molecule has 0 saturated heterocycles. The summed E-state index contributed by atoms with van der Waals surface area (Å²) in [6, 6.07) is 1.51. The Kier molecular flexibility index (Phi) is 3.42. The van der Waals surface area contributed by atoms with Gasteiger partial charge in [0, 0.05) is 0 Å². The van der Waals surface area contributed by atoms with Crippen molar-refractivity contribution in [3.8, 4) is 0 Å². The first-order valence-electron chi connectivity index (χ1n) is 3.67. The number of aromatic nitrogens is 1. The molecule has 0 amide bonds. The summed E-state index contributed by atoms with van der Waals surface area (Å²) in [4.78, 5) is 11.5. The van der Waals surface area contributed by atoms with E-state index in [2.05, 4.69) is 4.37 Å². The van der Waals surface area contributed by atoms with Crippen LogP contribution in [0, 0.1) is 0 Å². The van der Waals surface area contributed by atoms with Crippen LogP contribution in [0.2, 0.25) is 0 Å². The molecule has 3 nitrogen and oxygen atoms in total. The van der Waals surface area contributed by atoms with Crippen molar-refractivity contribution in [3.63, 3.8) is 0 Å². The van der Waals surface area contributed by atoms with Crippen LogP contribution < -0.4 is 0 Å². The number of hydrogen-bond donors (Lipinski definition) is 0.